The number of ketones is 1. The molecular formula is C25H24IN5O4. The van der Waals surface area contributed by atoms with E-state index in [2.05, 4.69) is 44.3 Å². The first kappa shape index (κ1) is 25.9. The van der Waals surface area contributed by atoms with E-state index < -0.39 is 24.0 Å². The van der Waals surface area contributed by atoms with Gasteiger partial charge in [-0.05, 0) is 73.2 Å². The van der Waals surface area contributed by atoms with Crippen LogP contribution in [0.4, 0.5) is 16.2 Å². The summed E-state index contributed by atoms with van der Waals surface area (Å²) >= 11 is 2.05. The van der Waals surface area contributed by atoms with Gasteiger partial charge in [-0.25, -0.2) is 9.78 Å². The number of ether oxygens (including phenoxy) is 1. The Morgan fingerprint density at radius 2 is 1.89 bits per heavy atom. The standard InChI is InChI=1S/C25H24IN5O4/c1-25(2,3)35-24(34)30-20-12-16(7-8-27)19(26)13-21(20)29-23(33)14-22(32)17-5-4-6-18(11-17)31-10-9-28-15-31/h4-6,9-13,15H,7,14H2,1-3H3,(H,29,33)(H,30,34). The van der Waals surface area contributed by atoms with Crippen molar-refractivity contribution in [2.24, 2.45) is 0 Å². The molecule has 35 heavy (non-hydrogen) atoms. The van der Waals surface area contributed by atoms with Crippen LogP contribution in [0.1, 0.15) is 43.1 Å². The average Bonchev–Trinajstić information content (AvgIpc) is 3.31. The van der Waals surface area contributed by atoms with E-state index in [9.17, 15) is 14.4 Å². The van der Waals surface area contributed by atoms with Gasteiger partial charge in [0.1, 0.15) is 5.60 Å². The lowest BCUT2D eigenvalue weighted by Gasteiger charge is -2.21. The summed E-state index contributed by atoms with van der Waals surface area (Å²) in [6.07, 6.45) is 4.04. The molecule has 0 fully saturated rings. The Bertz CT molecular complexity index is 1290. The molecule has 2 aromatic carbocycles. The van der Waals surface area contributed by atoms with Crippen LogP contribution in [-0.2, 0) is 16.0 Å². The van der Waals surface area contributed by atoms with Crippen molar-refractivity contribution in [2.75, 3.05) is 10.6 Å². The number of hydrogen-bond acceptors (Lipinski definition) is 6. The molecule has 2 N–H and O–H groups in total. The van der Waals surface area contributed by atoms with Crippen LogP contribution in [0.15, 0.2) is 55.1 Å². The molecule has 0 bridgehead atoms. The number of aromatic nitrogens is 2. The van der Waals surface area contributed by atoms with Crippen molar-refractivity contribution in [1.82, 2.24) is 9.55 Å². The van der Waals surface area contributed by atoms with Crippen molar-refractivity contribution < 1.29 is 19.1 Å². The quantitative estimate of drug-likeness (QED) is 0.226. The Balaban J connectivity index is 1.78. The zero-order valence-corrected chi connectivity index (χ0v) is 21.6. The Kier molecular flexibility index (Phi) is 8.24. The summed E-state index contributed by atoms with van der Waals surface area (Å²) in [7, 11) is 0. The molecule has 9 nitrogen and oxygen atoms in total. The maximum absolute atomic E-state index is 12.8. The molecule has 0 aliphatic heterocycles. The van der Waals surface area contributed by atoms with Crippen LogP contribution in [0.5, 0.6) is 0 Å². The fourth-order valence-electron chi connectivity index (χ4n) is 3.15. The molecule has 10 heteroatoms. The van der Waals surface area contributed by atoms with Gasteiger partial charge in [-0.3, -0.25) is 14.9 Å². The number of carbonyl (C=O) groups excluding carboxylic acids is 3. The van der Waals surface area contributed by atoms with E-state index in [-0.39, 0.29) is 17.9 Å². The Morgan fingerprint density at radius 3 is 2.54 bits per heavy atom. The molecule has 0 aliphatic rings. The Morgan fingerprint density at radius 1 is 1.14 bits per heavy atom. The maximum Gasteiger partial charge on any atom is 0.412 e. The number of carbonyl (C=O) groups is 3. The highest BCUT2D eigenvalue weighted by Crippen LogP contribution is 2.29. The van der Waals surface area contributed by atoms with Crippen molar-refractivity contribution in [2.45, 2.75) is 39.2 Å². The van der Waals surface area contributed by atoms with Gasteiger partial charge < -0.3 is 14.6 Å². The topological polar surface area (TPSA) is 126 Å². The highest BCUT2D eigenvalue weighted by Gasteiger charge is 2.20. The summed E-state index contributed by atoms with van der Waals surface area (Å²) in [5.41, 5.74) is 1.67. The van der Waals surface area contributed by atoms with Crippen LogP contribution in [0, 0.1) is 14.9 Å². The monoisotopic (exact) mass is 585 g/mol. The lowest BCUT2D eigenvalue weighted by Crippen LogP contribution is -2.28. The summed E-state index contributed by atoms with van der Waals surface area (Å²) in [4.78, 5) is 41.9. The van der Waals surface area contributed by atoms with Crippen LogP contribution >= 0.6 is 22.6 Å². The smallest absolute Gasteiger partial charge is 0.412 e. The van der Waals surface area contributed by atoms with Gasteiger partial charge in [0.05, 0.1) is 36.6 Å². The van der Waals surface area contributed by atoms with Crippen LogP contribution in [-0.4, -0.2) is 32.9 Å². The lowest BCUT2D eigenvalue weighted by atomic mass is 10.1. The fraction of sp³-hybridized carbons (Fsp3) is 0.240. The second kappa shape index (κ2) is 11.1. The number of halogens is 1. The summed E-state index contributed by atoms with van der Waals surface area (Å²) < 4.78 is 7.80. The minimum atomic E-state index is -0.718. The van der Waals surface area contributed by atoms with Crippen LogP contribution in [0.2, 0.25) is 0 Å². The predicted molar refractivity (Wildman–Crippen MR) is 139 cm³/mol. The number of nitriles is 1. The maximum atomic E-state index is 12.8. The third-order valence-electron chi connectivity index (χ3n) is 4.66. The minimum Gasteiger partial charge on any atom is -0.444 e. The third kappa shape index (κ3) is 7.38. The summed E-state index contributed by atoms with van der Waals surface area (Å²) in [5, 5.41) is 14.4. The molecule has 0 saturated heterocycles. The first-order valence-corrected chi connectivity index (χ1v) is 11.7. The molecule has 3 aromatic rings. The Hall–Kier alpha value is -3.72. The van der Waals surface area contributed by atoms with E-state index in [1.165, 1.54) is 0 Å². The molecule has 0 spiro atoms. The van der Waals surface area contributed by atoms with Crippen LogP contribution in [0.25, 0.3) is 5.69 Å². The van der Waals surface area contributed by atoms with E-state index in [1.54, 1.807) is 74.4 Å². The highest BCUT2D eigenvalue weighted by atomic mass is 127. The molecule has 0 unspecified atom stereocenters. The average molecular weight is 585 g/mol. The number of Topliss-reactive ketones (excluding diaryl/α,β-unsaturated/α-hetero) is 1. The molecular weight excluding hydrogens is 561 g/mol. The van der Waals surface area contributed by atoms with E-state index in [0.29, 0.717) is 16.8 Å². The SMILES string of the molecule is CC(C)(C)OC(=O)Nc1cc(CC#N)c(I)cc1NC(=O)CC(=O)c1cccc(-n2ccnc2)c1. The number of benzene rings is 2. The molecule has 0 radical (unpaired) electrons. The minimum absolute atomic E-state index is 0.126. The van der Waals surface area contributed by atoms with Crippen LogP contribution < -0.4 is 10.6 Å². The van der Waals surface area contributed by atoms with Crippen molar-refractivity contribution in [3.05, 3.63) is 69.8 Å². The van der Waals surface area contributed by atoms with E-state index in [1.807, 2.05) is 6.07 Å². The van der Waals surface area contributed by atoms with E-state index >= 15 is 0 Å². The number of nitrogens with zero attached hydrogens (tertiary/aromatic N) is 3. The van der Waals surface area contributed by atoms with Crippen molar-refractivity contribution in [3.63, 3.8) is 0 Å². The van der Waals surface area contributed by atoms with Crippen molar-refractivity contribution in [3.8, 4) is 11.8 Å². The van der Waals surface area contributed by atoms with Gasteiger partial charge in [0, 0.05) is 27.2 Å². The van der Waals surface area contributed by atoms with Gasteiger partial charge in [0.2, 0.25) is 5.91 Å². The number of rotatable bonds is 7. The van der Waals surface area contributed by atoms with E-state index in [0.717, 1.165) is 9.26 Å². The van der Waals surface area contributed by atoms with Crippen molar-refractivity contribution >= 4 is 51.7 Å². The van der Waals surface area contributed by atoms with Crippen LogP contribution in [0.3, 0.4) is 0 Å². The number of amides is 2. The zero-order chi connectivity index (χ0) is 25.6. The molecule has 2 amide bonds. The molecule has 3 rings (SSSR count). The van der Waals surface area contributed by atoms with Gasteiger partial charge in [-0.15, -0.1) is 0 Å². The fourth-order valence-corrected chi connectivity index (χ4v) is 3.81. The first-order valence-electron chi connectivity index (χ1n) is 10.7. The molecule has 1 aromatic heterocycles. The predicted octanol–water partition coefficient (Wildman–Crippen LogP) is 5.10. The number of nitrogens with one attached hydrogen (secondary N) is 2. The van der Waals surface area contributed by atoms with Crippen molar-refractivity contribution in [1.29, 1.82) is 5.26 Å². The highest BCUT2D eigenvalue weighted by molar-refractivity contribution is 14.1. The Labute approximate surface area is 216 Å². The molecule has 180 valence electrons. The second-order valence-electron chi connectivity index (χ2n) is 8.62. The number of hydrogen-bond donors (Lipinski definition) is 2. The summed E-state index contributed by atoms with van der Waals surface area (Å²) in [6.45, 7) is 5.20. The molecule has 0 aliphatic carbocycles. The number of anilines is 2. The van der Waals surface area contributed by atoms with Gasteiger partial charge >= 0.3 is 6.09 Å². The third-order valence-corrected chi connectivity index (χ3v) is 5.66. The summed E-state index contributed by atoms with van der Waals surface area (Å²) in [6, 6.07) is 12.2. The second-order valence-corrected chi connectivity index (χ2v) is 9.78. The largest absolute Gasteiger partial charge is 0.444 e. The van der Waals surface area contributed by atoms with E-state index in [4.69, 9.17) is 10.00 Å². The zero-order valence-electron chi connectivity index (χ0n) is 19.5. The molecule has 0 saturated carbocycles. The normalized spacial score (nSPS) is 10.8. The van der Waals surface area contributed by atoms with Gasteiger partial charge in [-0.2, -0.15) is 5.26 Å². The lowest BCUT2D eigenvalue weighted by molar-refractivity contribution is -0.115. The van der Waals surface area contributed by atoms with Gasteiger partial charge in [0.25, 0.3) is 0 Å². The molecule has 1 heterocycles. The number of imidazole rings is 1. The first-order chi connectivity index (χ1) is 16.6. The molecule has 0 atom stereocenters. The van der Waals surface area contributed by atoms with Gasteiger partial charge in [0.15, 0.2) is 5.78 Å². The van der Waals surface area contributed by atoms with Gasteiger partial charge in [-0.1, -0.05) is 12.1 Å². The summed E-state index contributed by atoms with van der Waals surface area (Å²) in [5.74, 6) is -0.902.